The van der Waals surface area contributed by atoms with E-state index in [1.54, 1.807) is 18.3 Å². The van der Waals surface area contributed by atoms with Crippen LogP contribution in [0.15, 0.2) is 41.0 Å². The fourth-order valence-corrected chi connectivity index (χ4v) is 2.28. The Labute approximate surface area is 125 Å². The molecule has 1 aromatic heterocycles. The Morgan fingerprint density at radius 1 is 1.37 bits per heavy atom. The van der Waals surface area contributed by atoms with E-state index < -0.39 is 0 Å². The molecule has 2 aromatic rings. The maximum atomic E-state index is 6.09. The topological polar surface area (TPSA) is 48.1 Å². The first-order valence-electron chi connectivity index (χ1n) is 5.94. The Kier molecular flexibility index (Phi) is 4.80. The second-order valence-corrected chi connectivity index (χ2v) is 5.43. The molecule has 0 unspecified atom stereocenters. The molecule has 1 aromatic carbocycles. The van der Waals surface area contributed by atoms with Gasteiger partial charge in [-0.05, 0) is 36.8 Å². The smallest absolute Gasteiger partial charge is 0.146 e. The van der Waals surface area contributed by atoms with E-state index in [2.05, 4.69) is 20.9 Å². The van der Waals surface area contributed by atoms with Gasteiger partial charge in [-0.25, -0.2) is 0 Å². The number of nitrogens with zero attached hydrogens (tertiary/aromatic N) is 1. The molecule has 0 spiro atoms. The maximum absolute atomic E-state index is 6.09. The number of nitrogens with two attached hydrogens (primary N) is 1. The fourth-order valence-electron chi connectivity index (χ4n) is 1.57. The highest BCUT2D eigenvalue weighted by molar-refractivity contribution is 9.10. The van der Waals surface area contributed by atoms with Gasteiger partial charge < -0.3 is 10.5 Å². The zero-order valence-electron chi connectivity index (χ0n) is 10.4. The van der Waals surface area contributed by atoms with Gasteiger partial charge in [0.2, 0.25) is 0 Å². The number of hydrogen-bond donors (Lipinski definition) is 1. The minimum Gasteiger partial charge on any atom is -0.454 e. The lowest BCUT2D eigenvalue weighted by molar-refractivity contribution is 0.479. The molecular formula is C14H14BrClN2O. The number of aromatic nitrogens is 1. The molecule has 100 valence electrons. The van der Waals surface area contributed by atoms with Gasteiger partial charge in [0.1, 0.15) is 11.5 Å². The van der Waals surface area contributed by atoms with Crippen LogP contribution in [0.4, 0.5) is 0 Å². The van der Waals surface area contributed by atoms with Crippen LogP contribution in [0.1, 0.15) is 25.1 Å². The molecule has 0 aliphatic heterocycles. The van der Waals surface area contributed by atoms with Gasteiger partial charge in [0.05, 0.1) is 16.9 Å². The predicted octanol–water partition coefficient (Wildman–Crippen LogP) is 4.70. The van der Waals surface area contributed by atoms with Crippen LogP contribution in [0.2, 0.25) is 5.02 Å². The van der Waals surface area contributed by atoms with Gasteiger partial charge in [0.25, 0.3) is 0 Å². The predicted molar refractivity (Wildman–Crippen MR) is 80.7 cm³/mol. The standard InChI is InChI=1S/C14H14BrClN2O/c1-2-12(17)13-5-4-10(8-18-13)19-14-6-3-9(15)7-11(14)16/h3-8,12H,2,17H2,1H3/t12-/m0/s1. The largest absolute Gasteiger partial charge is 0.454 e. The van der Waals surface area contributed by atoms with Gasteiger partial charge in [-0.1, -0.05) is 34.5 Å². The van der Waals surface area contributed by atoms with Gasteiger partial charge in [0, 0.05) is 10.5 Å². The lowest BCUT2D eigenvalue weighted by Gasteiger charge is -2.10. The van der Waals surface area contributed by atoms with Crippen molar-refractivity contribution in [3.05, 3.63) is 51.7 Å². The zero-order chi connectivity index (χ0) is 13.8. The van der Waals surface area contributed by atoms with Crippen LogP contribution < -0.4 is 10.5 Å². The van der Waals surface area contributed by atoms with E-state index in [0.717, 1.165) is 16.6 Å². The number of rotatable bonds is 4. The second-order valence-electron chi connectivity index (χ2n) is 4.11. The van der Waals surface area contributed by atoms with Gasteiger partial charge in [-0.3, -0.25) is 4.98 Å². The zero-order valence-corrected chi connectivity index (χ0v) is 12.8. The normalized spacial score (nSPS) is 12.2. The van der Waals surface area contributed by atoms with E-state index in [9.17, 15) is 0 Å². The molecular weight excluding hydrogens is 328 g/mol. The fraction of sp³-hybridized carbons (Fsp3) is 0.214. The Hall–Kier alpha value is -1.10. The van der Waals surface area contributed by atoms with E-state index in [1.807, 2.05) is 25.1 Å². The molecule has 5 heteroatoms. The highest BCUT2D eigenvalue weighted by atomic mass is 79.9. The molecule has 0 fully saturated rings. The molecule has 19 heavy (non-hydrogen) atoms. The third-order valence-electron chi connectivity index (χ3n) is 2.70. The molecule has 0 amide bonds. The van der Waals surface area contributed by atoms with Crippen molar-refractivity contribution >= 4 is 27.5 Å². The number of halogens is 2. The Morgan fingerprint density at radius 2 is 2.16 bits per heavy atom. The number of benzene rings is 1. The highest BCUT2D eigenvalue weighted by Crippen LogP contribution is 2.31. The molecule has 0 saturated heterocycles. The summed E-state index contributed by atoms with van der Waals surface area (Å²) in [5.74, 6) is 1.23. The molecule has 0 saturated carbocycles. The van der Waals surface area contributed by atoms with Crippen molar-refractivity contribution < 1.29 is 4.74 Å². The summed E-state index contributed by atoms with van der Waals surface area (Å²) in [6, 6.07) is 9.14. The second kappa shape index (κ2) is 6.37. The van der Waals surface area contributed by atoms with E-state index in [1.165, 1.54) is 0 Å². The molecule has 0 bridgehead atoms. The molecule has 1 heterocycles. The quantitative estimate of drug-likeness (QED) is 0.877. The Bertz CT molecular complexity index is 560. The van der Waals surface area contributed by atoms with Crippen LogP contribution >= 0.6 is 27.5 Å². The van der Waals surface area contributed by atoms with E-state index in [4.69, 9.17) is 22.1 Å². The lowest BCUT2D eigenvalue weighted by atomic mass is 10.1. The van der Waals surface area contributed by atoms with Gasteiger partial charge in [-0.15, -0.1) is 0 Å². The molecule has 3 nitrogen and oxygen atoms in total. The summed E-state index contributed by atoms with van der Waals surface area (Å²) in [5.41, 5.74) is 6.77. The van der Waals surface area contributed by atoms with Crippen LogP contribution in [0, 0.1) is 0 Å². The van der Waals surface area contributed by atoms with E-state index in [0.29, 0.717) is 16.5 Å². The third kappa shape index (κ3) is 3.69. The first-order valence-corrected chi connectivity index (χ1v) is 7.11. The van der Waals surface area contributed by atoms with Crippen LogP contribution in [-0.2, 0) is 0 Å². The van der Waals surface area contributed by atoms with E-state index >= 15 is 0 Å². The first kappa shape index (κ1) is 14.3. The number of hydrogen-bond acceptors (Lipinski definition) is 3. The molecule has 0 aliphatic rings. The minimum atomic E-state index is -0.0367. The first-order chi connectivity index (χ1) is 9.10. The van der Waals surface area contributed by atoms with Crippen molar-refractivity contribution in [3.8, 4) is 11.5 Å². The summed E-state index contributed by atoms with van der Waals surface area (Å²) in [6.07, 6.45) is 2.51. The van der Waals surface area contributed by atoms with Gasteiger partial charge >= 0.3 is 0 Å². The van der Waals surface area contributed by atoms with Crippen LogP contribution in [0.3, 0.4) is 0 Å². The Balaban J connectivity index is 2.15. The minimum absolute atomic E-state index is 0.0367. The highest BCUT2D eigenvalue weighted by Gasteiger charge is 2.07. The van der Waals surface area contributed by atoms with Crippen molar-refractivity contribution in [2.75, 3.05) is 0 Å². The molecule has 0 radical (unpaired) electrons. The molecule has 1 atom stereocenters. The lowest BCUT2D eigenvalue weighted by Crippen LogP contribution is -2.10. The summed E-state index contributed by atoms with van der Waals surface area (Å²) in [6.45, 7) is 2.03. The average molecular weight is 342 g/mol. The van der Waals surface area contributed by atoms with Crippen LogP contribution in [-0.4, -0.2) is 4.98 Å². The summed E-state index contributed by atoms with van der Waals surface area (Å²) >= 11 is 9.44. The van der Waals surface area contributed by atoms with Crippen molar-refractivity contribution in [2.45, 2.75) is 19.4 Å². The van der Waals surface area contributed by atoms with E-state index in [-0.39, 0.29) is 6.04 Å². The van der Waals surface area contributed by atoms with Gasteiger partial charge in [0.15, 0.2) is 0 Å². The number of ether oxygens (including phenoxy) is 1. The molecule has 0 aliphatic carbocycles. The third-order valence-corrected chi connectivity index (χ3v) is 3.49. The SMILES string of the molecule is CC[C@H](N)c1ccc(Oc2ccc(Br)cc2Cl)cn1. The van der Waals surface area contributed by atoms with Crippen molar-refractivity contribution in [1.29, 1.82) is 0 Å². The van der Waals surface area contributed by atoms with Crippen LogP contribution in [0.5, 0.6) is 11.5 Å². The summed E-state index contributed by atoms with van der Waals surface area (Å²) in [4.78, 5) is 4.29. The van der Waals surface area contributed by atoms with Crippen molar-refractivity contribution in [3.63, 3.8) is 0 Å². The Morgan fingerprint density at radius 3 is 2.74 bits per heavy atom. The summed E-state index contributed by atoms with van der Waals surface area (Å²) in [5, 5.41) is 0.545. The maximum Gasteiger partial charge on any atom is 0.146 e. The van der Waals surface area contributed by atoms with Gasteiger partial charge in [-0.2, -0.15) is 0 Å². The van der Waals surface area contributed by atoms with Crippen LogP contribution in [0.25, 0.3) is 0 Å². The molecule has 2 rings (SSSR count). The number of pyridine rings is 1. The monoisotopic (exact) mass is 340 g/mol. The van der Waals surface area contributed by atoms with Crippen molar-refractivity contribution in [1.82, 2.24) is 4.98 Å². The average Bonchev–Trinajstić information content (AvgIpc) is 2.42. The molecule has 2 N–H and O–H groups in total. The van der Waals surface area contributed by atoms with Crippen molar-refractivity contribution in [2.24, 2.45) is 5.73 Å². The summed E-state index contributed by atoms with van der Waals surface area (Å²) < 4.78 is 6.59. The summed E-state index contributed by atoms with van der Waals surface area (Å²) in [7, 11) is 0.